The molecule has 0 unspecified atom stereocenters. The van der Waals surface area contributed by atoms with Gasteiger partial charge in [0.15, 0.2) is 0 Å². The minimum atomic E-state index is -0.481. The standard InChI is InChI=1S/C25H26FN9O2/c26-18-2-4-19-21(10-18)28-11-23(29-19)33-5-7-34(8-6-33)24(36)15-32-12-16(13-32)14-35-22-9-17(25(27)37)1-3-20(22)30-31-35/h1-4,9-11,16H,5-8,12-15H2,(H2,27,37). The SMILES string of the molecule is NC(=O)c1ccc2nnn(CC3CN(CC(=O)N4CCN(c5cnc6cc(F)ccc6n5)CC4)C3)c2c1. The second-order valence-corrected chi connectivity index (χ2v) is 9.63. The van der Waals surface area contributed by atoms with Gasteiger partial charge in [-0.05, 0) is 30.3 Å². The van der Waals surface area contributed by atoms with Crippen LogP contribution in [0.4, 0.5) is 10.2 Å². The van der Waals surface area contributed by atoms with E-state index >= 15 is 0 Å². The van der Waals surface area contributed by atoms with Gasteiger partial charge in [-0.25, -0.2) is 14.1 Å². The average molecular weight is 504 g/mol. The predicted molar refractivity (Wildman–Crippen MR) is 134 cm³/mol. The quantitative estimate of drug-likeness (QED) is 0.411. The van der Waals surface area contributed by atoms with Crippen LogP contribution in [-0.4, -0.2) is 92.4 Å². The van der Waals surface area contributed by atoms with Crippen LogP contribution in [0, 0.1) is 11.7 Å². The van der Waals surface area contributed by atoms with Crippen LogP contribution >= 0.6 is 0 Å². The normalized spacial score (nSPS) is 16.9. The second kappa shape index (κ2) is 9.36. The number of nitrogens with zero attached hydrogens (tertiary/aromatic N) is 8. The van der Waals surface area contributed by atoms with Gasteiger partial charge in [0.1, 0.15) is 17.2 Å². The molecule has 2 N–H and O–H groups in total. The fourth-order valence-electron chi connectivity index (χ4n) is 5.02. The number of likely N-dealkylation sites (tertiary alicyclic amines) is 1. The van der Waals surface area contributed by atoms with Crippen molar-refractivity contribution in [3.8, 4) is 0 Å². The third-order valence-electron chi connectivity index (χ3n) is 7.07. The molecular weight excluding hydrogens is 477 g/mol. The Morgan fingerprint density at radius 2 is 1.78 bits per heavy atom. The summed E-state index contributed by atoms with van der Waals surface area (Å²) in [5, 5.41) is 8.38. The van der Waals surface area contributed by atoms with E-state index in [9.17, 15) is 14.0 Å². The Balaban J connectivity index is 0.988. The monoisotopic (exact) mass is 503 g/mol. The van der Waals surface area contributed by atoms with E-state index in [4.69, 9.17) is 5.73 Å². The van der Waals surface area contributed by atoms with Gasteiger partial charge < -0.3 is 15.5 Å². The predicted octanol–water partition coefficient (Wildman–Crippen LogP) is 0.893. The van der Waals surface area contributed by atoms with Crippen LogP contribution in [0.15, 0.2) is 42.6 Å². The highest BCUT2D eigenvalue weighted by Crippen LogP contribution is 2.22. The molecule has 2 fully saturated rings. The number of primary amides is 1. The van der Waals surface area contributed by atoms with Crippen LogP contribution in [0.3, 0.4) is 0 Å². The number of benzene rings is 2. The number of rotatable bonds is 6. The van der Waals surface area contributed by atoms with E-state index in [2.05, 4.69) is 30.1 Å². The summed E-state index contributed by atoms with van der Waals surface area (Å²) < 4.78 is 15.2. The number of aromatic nitrogens is 5. The number of piperazine rings is 1. The van der Waals surface area contributed by atoms with Crippen molar-refractivity contribution in [2.45, 2.75) is 6.54 Å². The first kappa shape index (κ1) is 23.2. The number of carbonyl (C=O) groups excluding carboxylic acids is 2. The van der Waals surface area contributed by atoms with Crippen molar-refractivity contribution < 1.29 is 14.0 Å². The van der Waals surface area contributed by atoms with Gasteiger partial charge in [-0.1, -0.05) is 5.21 Å². The molecule has 2 aromatic carbocycles. The fraction of sp³-hybridized carbons (Fsp3) is 0.360. The third kappa shape index (κ3) is 4.67. The van der Waals surface area contributed by atoms with E-state index in [0.29, 0.717) is 61.8 Å². The van der Waals surface area contributed by atoms with E-state index in [1.165, 1.54) is 12.1 Å². The molecule has 190 valence electrons. The van der Waals surface area contributed by atoms with E-state index in [0.717, 1.165) is 29.9 Å². The maximum atomic E-state index is 13.4. The third-order valence-corrected chi connectivity index (χ3v) is 7.07. The van der Waals surface area contributed by atoms with Crippen LogP contribution in [0.1, 0.15) is 10.4 Å². The van der Waals surface area contributed by atoms with Crippen LogP contribution in [-0.2, 0) is 11.3 Å². The van der Waals surface area contributed by atoms with E-state index < -0.39 is 5.91 Å². The van der Waals surface area contributed by atoms with Gasteiger partial charge in [0, 0.05) is 63.4 Å². The van der Waals surface area contributed by atoms with Gasteiger partial charge in [-0.2, -0.15) is 0 Å². The maximum absolute atomic E-state index is 13.4. The van der Waals surface area contributed by atoms with Gasteiger partial charge in [0.2, 0.25) is 11.8 Å². The highest BCUT2D eigenvalue weighted by Gasteiger charge is 2.31. The van der Waals surface area contributed by atoms with Gasteiger partial charge in [-0.15, -0.1) is 5.10 Å². The Hall–Kier alpha value is -4.19. The molecule has 2 aromatic heterocycles. The first-order valence-electron chi connectivity index (χ1n) is 12.2. The molecule has 4 heterocycles. The van der Waals surface area contributed by atoms with Crippen molar-refractivity contribution in [3.05, 3.63) is 54.0 Å². The Morgan fingerprint density at radius 1 is 1.00 bits per heavy atom. The first-order valence-corrected chi connectivity index (χ1v) is 12.2. The van der Waals surface area contributed by atoms with Crippen molar-refractivity contribution >= 4 is 39.7 Å². The summed E-state index contributed by atoms with van der Waals surface area (Å²) in [4.78, 5) is 39.5. The molecule has 0 aliphatic carbocycles. The summed E-state index contributed by atoms with van der Waals surface area (Å²) in [5.41, 5.74) is 8.51. The average Bonchev–Trinajstić information content (AvgIpc) is 3.29. The van der Waals surface area contributed by atoms with Crippen LogP contribution in [0.5, 0.6) is 0 Å². The zero-order chi connectivity index (χ0) is 25.5. The van der Waals surface area contributed by atoms with Crippen LogP contribution < -0.4 is 10.6 Å². The highest BCUT2D eigenvalue weighted by molar-refractivity contribution is 5.96. The van der Waals surface area contributed by atoms with Crippen molar-refractivity contribution in [1.29, 1.82) is 0 Å². The lowest BCUT2D eigenvalue weighted by molar-refractivity contribution is -0.134. The van der Waals surface area contributed by atoms with E-state index in [1.54, 1.807) is 35.1 Å². The molecule has 2 amide bonds. The number of hydrogen-bond acceptors (Lipinski definition) is 8. The molecular formula is C25H26FN9O2. The van der Waals surface area contributed by atoms with Gasteiger partial charge >= 0.3 is 0 Å². The minimum absolute atomic E-state index is 0.121. The summed E-state index contributed by atoms with van der Waals surface area (Å²) in [5.74, 6) is 0.397. The Labute approximate surface area is 211 Å². The number of carbonyl (C=O) groups is 2. The zero-order valence-corrected chi connectivity index (χ0v) is 20.1. The maximum Gasteiger partial charge on any atom is 0.248 e. The lowest BCUT2D eigenvalue weighted by Crippen LogP contribution is -2.55. The molecule has 0 atom stereocenters. The molecule has 0 saturated carbocycles. The van der Waals surface area contributed by atoms with E-state index in [-0.39, 0.29) is 11.7 Å². The molecule has 6 rings (SSSR count). The van der Waals surface area contributed by atoms with Gasteiger partial charge in [0.25, 0.3) is 0 Å². The zero-order valence-electron chi connectivity index (χ0n) is 20.1. The molecule has 0 spiro atoms. The molecule has 0 bridgehead atoms. The number of amides is 2. The molecule has 4 aromatic rings. The molecule has 2 aliphatic heterocycles. The van der Waals surface area contributed by atoms with E-state index in [1.807, 2.05) is 4.90 Å². The summed E-state index contributed by atoms with van der Waals surface area (Å²) in [7, 11) is 0. The number of fused-ring (bicyclic) bond motifs is 2. The Kier molecular flexibility index (Phi) is 5.87. The number of hydrogen-bond donors (Lipinski definition) is 1. The minimum Gasteiger partial charge on any atom is -0.366 e. The molecule has 2 aliphatic rings. The molecule has 11 nitrogen and oxygen atoms in total. The lowest BCUT2D eigenvalue weighted by Gasteiger charge is -2.41. The van der Waals surface area contributed by atoms with Gasteiger partial charge in [-0.3, -0.25) is 19.5 Å². The summed E-state index contributed by atoms with van der Waals surface area (Å²) in [6.45, 7) is 5.23. The van der Waals surface area contributed by atoms with Crippen molar-refractivity contribution in [2.75, 3.05) is 50.7 Å². The summed E-state index contributed by atoms with van der Waals surface area (Å²) in [6, 6.07) is 9.50. The summed E-state index contributed by atoms with van der Waals surface area (Å²) >= 11 is 0. The summed E-state index contributed by atoms with van der Waals surface area (Å²) in [6.07, 6.45) is 1.66. The van der Waals surface area contributed by atoms with Crippen molar-refractivity contribution in [3.63, 3.8) is 0 Å². The largest absolute Gasteiger partial charge is 0.366 e. The topological polar surface area (TPSA) is 126 Å². The van der Waals surface area contributed by atoms with Gasteiger partial charge in [0.05, 0.1) is 29.3 Å². The number of halogens is 1. The first-order chi connectivity index (χ1) is 17.9. The van der Waals surface area contributed by atoms with Crippen molar-refractivity contribution in [1.82, 2.24) is 34.8 Å². The second-order valence-electron chi connectivity index (χ2n) is 9.63. The molecule has 12 heteroatoms. The fourth-order valence-corrected chi connectivity index (χ4v) is 5.02. The van der Waals surface area contributed by atoms with Crippen molar-refractivity contribution in [2.24, 2.45) is 11.7 Å². The molecule has 2 saturated heterocycles. The van der Waals surface area contributed by atoms with Crippen LogP contribution in [0.25, 0.3) is 22.1 Å². The molecule has 37 heavy (non-hydrogen) atoms. The smallest absolute Gasteiger partial charge is 0.248 e. The lowest BCUT2D eigenvalue weighted by atomic mass is 10.00. The Bertz CT molecular complexity index is 1490. The van der Waals surface area contributed by atoms with Crippen LogP contribution in [0.2, 0.25) is 0 Å². The molecule has 0 radical (unpaired) electrons. The highest BCUT2D eigenvalue weighted by atomic mass is 19.1. The number of anilines is 1. The number of nitrogens with two attached hydrogens (primary N) is 1. The Morgan fingerprint density at radius 3 is 2.57 bits per heavy atom.